The Morgan fingerprint density at radius 1 is 1.20 bits per heavy atom. The summed E-state index contributed by atoms with van der Waals surface area (Å²) >= 11 is 5.05. The van der Waals surface area contributed by atoms with E-state index in [-0.39, 0.29) is 17.2 Å². The van der Waals surface area contributed by atoms with Crippen molar-refractivity contribution >= 4 is 23.1 Å². The van der Waals surface area contributed by atoms with Crippen LogP contribution in [0.2, 0.25) is 0 Å². The molecule has 104 valence electrons. The van der Waals surface area contributed by atoms with Gasteiger partial charge in [-0.2, -0.15) is 0 Å². The van der Waals surface area contributed by atoms with Crippen LogP contribution in [0, 0.1) is 18.6 Å². The zero-order chi connectivity index (χ0) is 14.5. The van der Waals surface area contributed by atoms with Crippen molar-refractivity contribution in [2.45, 2.75) is 13.5 Å². The molecule has 1 heterocycles. The van der Waals surface area contributed by atoms with E-state index in [2.05, 4.69) is 15.6 Å². The fourth-order valence-electron chi connectivity index (χ4n) is 1.57. The fourth-order valence-corrected chi connectivity index (χ4v) is 1.75. The number of aromatic nitrogens is 1. The lowest BCUT2D eigenvalue weighted by atomic mass is 10.2. The number of halogens is 2. The molecule has 3 nitrogen and oxygen atoms in total. The molecule has 0 radical (unpaired) electrons. The number of aryl methyl sites for hydroxylation is 1. The van der Waals surface area contributed by atoms with Gasteiger partial charge in [0.15, 0.2) is 5.11 Å². The van der Waals surface area contributed by atoms with Crippen molar-refractivity contribution in [3.05, 3.63) is 59.3 Å². The molecule has 0 fully saturated rings. The zero-order valence-corrected chi connectivity index (χ0v) is 11.6. The van der Waals surface area contributed by atoms with E-state index in [0.29, 0.717) is 5.82 Å². The van der Waals surface area contributed by atoms with Crippen LogP contribution in [-0.2, 0) is 6.54 Å². The van der Waals surface area contributed by atoms with E-state index >= 15 is 0 Å². The minimum atomic E-state index is -0.603. The summed E-state index contributed by atoms with van der Waals surface area (Å²) in [4.78, 5) is 4.12. The SMILES string of the molecule is Cc1ccc(NC(=S)NCc2c(F)cccc2F)nc1. The normalized spacial score (nSPS) is 10.2. The molecule has 1 aromatic carbocycles. The number of anilines is 1. The van der Waals surface area contributed by atoms with Crippen LogP contribution in [0.5, 0.6) is 0 Å². The van der Waals surface area contributed by atoms with Crippen LogP contribution < -0.4 is 10.6 Å². The van der Waals surface area contributed by atoms with Crippen LogP contribution in [0.4, 0.5) is 14.6 Å². The molecule has 0 aliphatic rings. The maximum Gasteiger partial charge on any atom is 0.172 e. The van der Waals surface area contributed by atoms with Crippen molar-refractivity contribution in [3.63, 3.8) is 0 Å². The molecule has 0 aliphatic carbocycles. The van der Waals surface area contributed by atoms with E-state index in [1.54, 1.807) is 12.3 Å². The first kappa shape index (κ1) is 14.3. The van der Waals surface area contributed by atoms with Gasteiger partial charge in [-0.3, -0.25) is 0 Å². The number of benzene rings is 1. The van der Waals surface area contributed by atoms with E-state index < -0.39 is 11.6 Å². The van der Waals surface area contributed by atoms with Gasteiger partial charge in [-0.15, -0.1) is 0 Å². The molecular formula is C14H13F2N3S. The molecule has 6 heteroatoms. The molecular weight excluding hydrogens is 280 g/mol. The van der Waals surface area contributed by atoms with Crippen molar-refractivity contribution in [2.24, 2.45) is 0 Å². The van der Waals surface area contributed by atoms with E-state index in [1.165, 1.54) is 18.2 Å². The highest BCUT2D eigenvalue weighted by atomic mass is 32.1. The summed E-state index contributed by atoms with van der Waals surface area (Å²) in [6.45, 7) is 1.89. The van der Waals surface area contributed by atoms with Crippen molar-refractivity contribution < 1.29 is 8.78 Å². The lowest BCUT2D eigenvalue weighted by molar-refractivity contribution is 0.551. The Kier molecular flexibility index (Phi) is 4.57. The van der Waals surface area contributed by atoms with Gasteiger partial charge in [0.2, 0.25) is 0 Å². The molecule has 0 spiro atoms. The minimum absolute atomic E-state index is 0.0315. The lowest BCUT2D eigenvalue weighted by Crippen LogP contribution is -2.29. The van der Waals surface area contributed by atoms with E-state index in [0.717, 1.165) is 5.56 Å². The van der Waals surface area contributed by atoms with Crippen molar-refractivity contribution in [2.75, 3.05) is 5.32 Å². The van der Waals surface area contributed by atoms with Crippen molar-refractivity contribution in [1.82, 2.24) is 10.3 Å². The Hall–Kier alpha value is -2.08. The van der Waals surface area contributed by atoms with Gasteiger partial charge >= 0.3 is 0 Å². The third-order valence-electron chi connectivity index (χ3n) is 2.64. The average molecular weight is 293 g/mol. The number of thiocarbonyl (C=S) groups is 1. The van der Waals surface area contributed by atoms with Crippen LogP contribution in [0.3, 0.4) is 0 Å². The van der Waals surface area contributed by atoms with Crippen LogP contribution in [0.1, 0.15) is 11.1 Å². The van der Waals surface area contributed by atoms with Crippen LogP contribution >= 0.6 is 12.2 Å². The number of nitrogens with one attached hydrogen (secondary N) is 2. The molecule has 0 bridgehead atoms. The van der Waals surface area contributed by atoms with Crippen LogP contribution in [-0.4, -0.2) is 10.1 Å². The molecule has 2 N–H and O–H groups in total. The Labute approximate surface area is 121 Å². The second-order valence-corrected chi connectivity index (χ2v) is 4.64. The maximum absolute atomic E-state index is 13.4. The van der Waals surface area contributed by atoms with Gasteiger partial charge in [-0.25, -0.2) is 13.8 Å². The van der Waals surface area contributed by atoms with Gasteiger partial charge in [0.05, 0.1) is 0 Å². The molecule has 0 aliphatic heterocycles. The van der Waals surface area contributed by atoms with Crippen LogP contribution in [0.25, 0.3) is 0 Å². The fraction of sp³-hybridized carbons (Fsp3) is 0.143. The smallest absolute Gasteiger partial charge is 0.172 e. The van der Waals surface area contributed by atoms with E-state index in [1.807, 2.05) is 13.0 Å². The average Bonchev–Trinajstić information content (AvgIpc) is 2.41. The first-order valence-electron chi connectivity index (χ1n) is 5.96. The van der Waals surface area contributed by atoms with Gasteiger partial charge in [0.1, 0.15) is 17.5 Å². The molecule has 0 amide bonds. The molecule has 0 atom stereocenters. The van der Waals surface area contributed by atoms with Gasteiger partial charge in [-0.05, 0) is 42.9 Å². The lowest BCUT2D eigenvalue weighted by Gasteiger charge is -2.11. The van der Waals surface area contributed by atoms with Crippen molar-refractivity contribution in [1.29, 1.82) is 0 Å². The molecule has 0 saturated carbocycles. The van der Waals surface area contributed by atoms with Gasteiger partial charge < -0.3 is 10.6 Å². The predicted molar refractivity (Wildman–Crippen MR) is 78.4 cm³/mol. The quantitative estimate of drug-likeness (QED) is 0.852. The van der Waals surface area contributed by atoms with E-state index in [9.17, 15) is 8.78 Å². The Bertz CT molecular complexity index is 594. The largest absolute Gasteiger partial charge is 0.358 e. The molecule has 2 aromatic rings. The third-order valence-corrected chi connectivity index (χ3v) is 2.89. The summed E-state index contributed by atoms with van der Waals surface area (Å²) in [5.41, 5.74) is 0.983. The van der Waals surface area contributed by atoms with E-state index in [4.69, 9.17) is 12.2 Å². The highest BCUT2D eigenvalue weighted by molar-refractivity contribution is 7.80. The standard InChI is InChI=1S/C14H13F2N3S/c1-9-5-6-13(17-7-9)19-14(20)18-8-10-11(15)3-2-4-12(10)16/h2-7H,8H2,1H3,(H2,17,18,19,20). The molecule has 0 saturated heterocycles. The number of nitrogens with zero attached hydrogens (tertiary/aromatic N) is 1. The number of pyridine rings is 1. The maximum atomic E-state index is 13.4. The topological polar surface area (TPSA) is 37.0 Å². The molecule has 0 unspecified atom stereocenters. The third kappa shape index (κ3) is 3.71. The van der Waals surface area contributed by atoms with Gasteiger partial charge in [-0.1, -0.05) is 12.1 Å². The van der Waals surface area contributed by atoms with Crippen molar-refractivity contribution in [3.8, 4) is 0 Å². The van der Waals surface area contributed by atoms with Gasteiger partial charge in [0.25, 0.3) is 0 Å². The molecule has 2 rings (SSSR count). The summed E-state index contributed by atoms with van der Waals surface area (Å²) in [7, 11) is 0. The summed E-state index contributed by atoms with van der Waals surface area (Å²) in [6.07, 6.45) is 1.70. The first-order valence-corrected chi connectivity index (χ1v) is 6.37. The number of hydrogen-bond acceptors (Lipinski definition) is 2. The van der Waals surface area contributed by atoms with Gasteiger partial charge in [0, 0.05) is 18.3 Å². The number of hydrogen-bond donors (Lipinski definition) is 2. The summed E-state index contributed by atoms with van der Waals surface area (Å²) in [6, 6.07) is 7.39. The highest BCUT2D eigenvalue weighted by Crippen LogP contribution is 2.11. The minimum Gasteiger partial charge on any atom is -0.358 e. The Balaban J connectivity index is 1.94. The summed E-state index contributed by atoms with van der Waals surface area (Å²) in [5, 5.41) is 5.84. The number of rotatable bonds is 3. The monoisotopic (exact) mass is 293 g/mol. The predicted octanol–water partition coefficient (Wildman–Crippen LogP) is 3.15. The second-order valence-electron chi connectivity index (χ2n) is 4.23. The summed E-state index contributed by atoms with van der Waals surface area (Å²) < 4.78 is 26.8. The zero-order valence-electron chi connectivity index (χ0n) is 10.8. The second kappa shape index (κ2) is 6.38. The highest BCUT2D eigenvalue weighted by Gasteiger charge is 2.08. The first-order chi connectivity index (χ1) is 9.56. The molecule has 20 heavy (non-hydrogen) atoms. The Morgan fingerprint density at radius 2 is 1.90 bits per heavy atom. The Morgan fingerprint density at radius 3 is 2.50 bits per heavy atom. The summed E-state index contributed by atoms with van der Waals surface area (Å²) in [5.74, 6) is -0.635. The molecule has 1 aromatic heterocycles. The van der Waals surface area contributed by atoms with Crippen LogP contribution in [0.15, 0.2) is 36.5 Å².